The van der Waals surface area contributed by atoms with E-state index in [0.29, 0.717) is 12.4 Å². The molecule has 2 aromatic rings. The van der Waals surface area contributed by atoms with Crippen LogP contribution in [0.15, 0.2) is 30.6 Å². The first-order valence-electron chi connectivity index (χ1n) is 4.92. The predicted octanol–water partition coefficient (Wildman–Crippen LogP) is 1.09. The second-order valence-electron chi connectivity index (χ2n) is 3.55. The molecule has 0 aliphatic heterocycles. The molecule has 2 rings (SSSR count). The summed E-state index contributed by atoms with van der Waals surface area (Å²) < 4.78 is 1.80. The van der Waals surface area contributed by atoms with Crippen LogP contribution in [-0.2, 0) is 13.1 Å². The summed E-state index contributed by atoms with van der Waals surface area (Å²) in [6, 6.07) is 8.38. The summed E-state index contributed by atoms with van der Waals surface area (Å²) in [5, 5.41) is 4.23. The van der Waals surface area contributed by atoms with E-state index in [9.17, 15) is 0 Å². The van der Waals surface area contributed by atoms with Crippen LogP contribution in [-0.4, -0.2) is 14.8 Å². The van der Waals surface area contributed by atoms with Gasteiger partial charge in [0.15, 0.2) is 5.82 Å². The Hall–Kier alpha value is -1.68. The lowest BCUT2D eigenvalue weighted by molar-refractivity contribution is 0.671. The molecule has 0 bridgehead atoms. The van der Waals surface area contributed by atoms with Gasteiger partial charge in [0.25, 0.3) is 0 Å². The molecule has 0 aliphatic rings. The average molecular weight is 202 g/mol. The lowest BCUT2D eigenvalue weighted by Gasteiger charge is -2.01. The second kappa shape index (κ2) is 4.23. The van der Waals surface area contributed by atoms with Gasteiger partial charge in [-0.25, -0.2) is 9.67 Å². The Labute approximate surface area is 88.8 Å². The van der Waals surface area contributed by atoms with Gasteiger partial charge in [-0.15, -0.1) is 0 Å². The van der Waals surface area contributed by atoms with Crippen molar-refractivity contribution in [1.29, 1.82) is 0 Å². The van der Waals surface area contributed by atoms with Crippen LogP contribution in [0.5, 0.6) is 0 Å². The Morgan fingerprint density at radius 3 is 2.60 bits per heavy atom. The topological polar surface area (TPSA) is 56.7 Å². The van der Waals surface area contributed by atoms with Gasteiger partial charge in [0.05, 0.1) is 13.1 Å². The SMILES string of the molecule is Cc1ccc(Cn2cnc(CN)n2)cc1. The van der Waals surface area contributed by atoms with E-state index >= 15 is 0 Å². The van der Waals surface area contributed by atoms with Crippen molar-refractivity contribution in [2.75, 3.05) is 0 Å². The molecule has 0 radical (unpaired) electrons. The normalized spacial score (nSPS) is 10.5. The monoisotopic (exact) mass is 202 g/mol. The van der Waals surface area contributed by atoms with Crippen molar-refractivity contribution in [3.8, 4) is 0 Å². The lowest BCUT2D eigenvalue weighted by Crippen LogP contribution is -2.03. The van der Waals surface area contributed by atoms with E-state index < -0.39 is 0 Å². The van der Waals surface area contributed by atoms with Crippen LogP contribution in [0.25, 0.3) is 0 Å². The number of hydrogen-bond acceptors (Lipinski definition) is 3. The molecule has 1 aromatic carbocycles. The van der Waals surface area contributed by atoms with Crippen molar-refractivity contribution < 1.29 is 0 Å². The Morgan fingerprint density at radius 2 is 2.00 bits per heavy atom. The number of nitrogens with zero attached hydrogens (tertiary/aromatic N) is 3. The molecule has 4 nitrogen and oxygen atoms in total. The molecule has 0 aliphatic carbocycles. The Kier molecular flexibility index (Phi) is 2.78. The van der Waals surface area contributed by atoms with Gasteiger partial charge in [0.2, 0.25) is 0 Å². The minimum Gasteiger partial charge on any atom is -0.324 e. The maximum Gasteiger partial charge on any atom is 0.164 e. The van der Waals surface area contributed by atoms with E-state index in [4.69, 9.17) is 5.73 Å². The zero-order valence-electron chi connectivity index (χ0n) is 8.72. The summed E-state index contributed by atoms with van der Waals surface area (Å²) in [7, 11) is 0. The van der Waals surface area contributed by atoms with Crippen LogP contribution >= 0.6 is 0 Å². The first-order valence-corrected chi connectivity index (χ1v) is 4.92. The third-order valence-electron chi connectivity index (χ3n) is 2.23. The van der Waals surface area contributed by atoms with Crippen molar-refractivity contribution in [3.05, 3.63) is 47.5 Å². The molecular formula is C11H14N4. The third kappa shape index (κ3) is 2.41. The number of aromatic nitrogens is 3. The molecule has 0 unspecified atom stereocenters. The molecule has 1 aromatic heterocycles. The molecule has 4 heteroatoms. The molecule has 0 saturated heterocycles. The molecule has 15 heavy (non-hydrogen) atoms. The predicted molar refractivity (Wildman–Crippen MR) is 58.2 cm³/mol. The van der Waals surface area contributed by atoms with Crippen molar-refractivity contribution in [2.24, 2.45) is 5.73 Å². The summed E-state index contributed by atoms with van der Waals surface area (Å²) in [5.74, 6) is 0.683. The highest BCUT2D eigenvalue weighted by atomic mass is 15.3. The van der Waals surface area contributed by atoms with Crippen LogP contribution in [0.1, 0.15) is 17.0 Å². The molecule has 1 heterocycles. The van der Waals surface area contributed by atoms with Gasteiger partial charge in [-0.3, -0.25) is 0 Å². The highest BCUT2D eigenvalue weighted by Gasteiger charge is 1.99. The van der Waals surface area contributed by atoms with E-state index in [2.05, 4.69) is 41.3 Å². The third-order valence-corrected chi connectivity index (χ3v) is 2.23. The van der Waals surface area contributed by atoms with Gasteiger partial charge in [-0.2, -0.15) is 5.10 Å². The number of hydrogen-bond donors (Lipinski definition) is 1. The van der Waals surface area contributed by atoms with E-state index in [0.717, 1.165) is 6.54 Å². The molecule has 0 atom stereocenters. The largest absolute Gasteiger partial charge is 0.324 e. The smallest absolute Gasteiger partial charge is 0.164 e. The fourth-order valence-electron chi connectivity index (χ4n) is 1.38. The van der Waals surface area contributed by atoms with Gasteiger partial charge >= 0.3 is 0 Å². The van der Waals surface area contributed by atoms with Crippen molar-refractivity contribution in [2.45, 2.75) is 20.0 Å². The molecule has 0 fully saturated rings. The first kappa shape index (κ1) is 9.86. The average Bonchev–Trinajstić information content (AvgIpc) is 2.69. The zero-order valence-corrected chi connectivity index (χ0v) is 8.72. The first-order chi connectivity index (χ1) is 7.28. The quantitative estimate of drug-likeness (QED) is 0.810. The second-order valence-corrected chi connectivity index (χ2v) is 3.55. The van der Waals surface area contributed by atoms with E-state index in [-0.39, 0.29) is 0 Å². The molecule has 0 spiro atoms. The van der Waals surface area contributed by atoms with E-state index in [1.54, 1.807) is 11.0 Å². The van der Waals surface area contributed by atoms with Gasteiger partial charge < -0.3 is 5.73 Å². The standard InChI is InChI=1S/C11H14N4/c1-9-2-4-10(5-3-9)7-15-8-13-11(6-12)14-15/h2-5,8H,6-7,12H2,1H3. The summed E-state index contributed by atoms with van der Waals surface area (Å²) >= 11 is 0. The van der Waals surface area contributed by atoms with Crippen LogP contribution in [0.2, 0.25) is 0 Å². The van der Waals surface area contributed by atoms with E-state index in [1.165, 1.54) is 11.1 Å². The van der Waals surface area contributed by atoms with Crippen LogP contribution in [0.4, 0.5) is 0 Å². The Bertz CT molecular complexity index is 430. The summed E-state index contributed by atoms with van der Waals surface area (Å²) in [5.41, 5.74) is 7.92. The van der Waals surface area contributed by atoms with Gasteiger partial charge in [0.1, 0.15) is 6.33 Å². The lowest BCUT2D eigenvalue weighted by atomic mass is 10.1. The van der Waals surface area contributed by atoms with Gasteiger partial charge in [-0.1, -0.05) is 29.8 Å². The van der Waals surface area contributed by atoms with Crippen LogP contribution < -0.4 is 5.73 Å². The molecule has 0 saturated carbocycles. The van der Waals surface area contributed by atoms with Gasteiger partial charge in [-0.05, 0) is 12.5 Å². The number of nitrogens with two attached hydrogens (primary N) is 1. The van der Waals surface area contributed by atoms with Gasteiger partial charge in [0, 0.05) is 0 Å². The molecule has 0 amide bonds. The zero-order chi connectivity index (χ0) is 10.7. The number of benzene rings is 1. The summed E-state index contributed by atoms with van der Waals surface area (Å²) in [4.78, 5) is 4.08. The fraction of sp³-hybridized carbons (Fsp3) is 0.273. The fourth-order valence-corrected chi connectivity index (χ4v) is 1.38. The molecule has 2 N–H and O–H groups in total. The number of aryl methyl sites for hydroxylation is 1. The molecular weight excluding hydrogens is 188 g/mol. The highest BCUT2D eigenvalue weighted by Crippen LogP contribution is 2.04. The summed E-state index contributed by atoms with van der Waals surface area (Å²) in [6.45, 7) is 3.21. The maximum atomic E-state index is 5.44. The summed E-state index contributed by atoms with van der Waals surface area (Å²) in [6.07, 6.45) is 1.71. The van der Waals surface area contributed by atoms with E-state index in [1.807, 2.05) is 0 Å². The number of rotatable bonds is 3. The van der Waals surface area contributed by atoms with Crippen LogP contribution in [0.3, 0.4) is 0 Å². The minimum atomic E-state index is 0.390. The van der Waals surface area contributed by atoms with Crippen molar-refractivity contribution in [1.82, 2.24) is 14.8 Å². The highest BCUT2D eigenvalue weighted by molar-refractivity contribution is 5.21. The van der Waals surface area contributed by atoms with Crippen molar-refractivity contribution in [3.63, 3.8) is 0 Å². The minimum absolute atomic E-state index is 0.390. The maximum absolute atomic E-state index is 5.44. The van der Waals surface area contributed by atoms with Crippen molar-refractivity contribution >= 4 is 0 Å². The van der Waals surface area contributed by atoms with Crippen LogP contribution in [0, 0.1) is 6.92 Å². The Morgan fingerprint density at radius 1 is 1.27 bits per heavy atom. The Balaban J connectivity index is 2.11. The molecule has 78 valence electrons.